The van der Waals surface area contributed by atoms with Crippen molar-refractivity contribution in [3.63, 3.8) is 0 Å². The third kappa shape index (κ3) is 4.74. The first-order chi connectivity index (χ1) is 11.1. The fraction of sp³-hybridized carbons (Fsp3) is 0.412. The smallest absolute Gasteiger partial charge is 0.328 e. The van der Waals surface area contributed by atoms with Gasteiger partial charge in [0.15, 0.2) is 0 Å². The SMILES string of the molecule is CCCC(NC(=O)C1=COC(Cc2ccccc2)O1)C(=O)OC. The monoisotopic (exact) mass is 319 g/mol. The van der Waals surface area contributed by atoms with Gasteiger partial charge in [0.1, 0.15) is 12.3 Å². The van der Waals surface area contributed by atoms with Gasteiger partial charge in [0.2, 0.25) is 12.0 Å². The number of amides is 1. The average Bonchev–Trinajstić information content (AvgIpc) is 3.03. The van der Waals surface area contributed by atoms with Gasteiger partial charge in [0, 0.05) is 6.42 Å². The van der Waals surface area contributed by atoms with Gasteiger partial charge in [-0.1, -0.05) is 43.7 Å². The molecule has 0 aliphatic carbocycles. The number of methoxy groups -OCH3 is 1. The lowest BCUT2D eigenvalue weighted by atomic mass is 10.1. The van der Waals surface area contributed by atoms with Crippen molar-refractivity contribution < 1.29 is 23.8 Å². The molecule has 0 spiro atoms. The molecule has 0 fully saturated rings. The topological polar surface area (TPSA) is 73.9 Å². The van der Waals surface area contributed by atoms with Gasteiger partial charge in [-0.15, -0.1) is 0 Å². The van der Waals surface area contributed by atoms with Crippen molar-refractivity contribution in [2.45, 2.75) is 38.5 Å². The van der Waals surface area contributed by atoms with E-state index in [2.05, 4.69) is 10.1 Å². The third-order valence-electron chi connectivity index (χ3n) is 3.42. The van der Waals surface area contributed by atoms with Gasteiger partial charge < -0.3 is 19.5 Å². The zero-order valence-corrected chi connectivity index (χ0v) is 13.3. The molecule has 0 aromatic heterocycles. The molecule has 2 unspecified atom stereocenters. The van der Waals surface area contributed by atoms with Crippen LogP contribution in [0.4, 0.5) is 0 Å². The molecule has 1 heterocycles. The van der Waals surface area contributed by atoms with E-state index in [0.717, 1.165) is 12.0 Å². The van der Waals surface area contributed by atoms with Crippen LogP contribution in [0.1, 0.15) is 25.3 Å². The predicted octanol–water partition coefficient (Wildman–Crippen LogP) is 1.90. The number of esters is 1. The zero-order chi connectivity index (χ0) is 16.7. The molecular weight excluding hydrogens is 298 g/mol. The molecule has 1 aromatic rings. The van der Waals surface area contributed by atoms with E-state index in [1.807, 2.05) is 37.3 Å². The van der Waals surface area contributed by atoms with Crippen molar-refractivity contribution in [1.82, 2.24) is 5.32 Å². The van der Waals surface area contributed by atoms with Crippen LogP contribution in [0.25, 0.3) is 0 Å². The van der Waals surface area contributed by atoms with E-state index in [0.29, 0.717) is 12.8 Å². The summed E-state index contributed by atoms with van der Waals surface area (Å²) in [5.74, 6) is -0.888. The predicted molar refractivity (Wildman–Crippen MR) is 83.0 cm³/mol. The first-order valence-electron chi connectivity index (χ1n) is 7.59. The Morgan fingerprint density at radius 2 is 2.04 bits per heavy atom. The fourth-order valence-electron chi connectivity index (χ4n) is 2.25. The highest BCUT2D eigenvalue weighted by atomic mass is 16.7. The molecule has 1 N–H and O–H groups in total. The highest BCUT2D eigenvalue weighted by Crippen LogP contribution is 2.18. The summed E-state index contributed by atoms with van der Waals surface area (Å²) in [6.45, 7) is 1.92. The minimum absolute atomic E-state index is 0.0657. The standard InChI is InChI=1S/C17H21NO5/c1-3-7-13(17(20)21-2)18-16(19)14-11-22-15(23-14)10-12-8-5-4-6-9-12/h4-6,8-9,11,13,15H,3,7,10H2,1-2H3,(H,18,19). The number of carbonyl (C=O) groups excluding carboxylic acids is 2. The lowest BCUT2D eigenvalue weighted by Gasteiger charge is -2.16. The van der Waals surface area contributed by atoms with Gasteiger partial charge in [0.05, 0.1) is 7.11 Å². The second kappa shape index (κ2) is 8.22. The first-order valence-corrected chi connectivity index (χ1v) is 7.59. The summed E-state index contributed by atoms with van der Waals surface area (Å²) < 4.78 is 15.5. The van der Waals surface area contributed by atoms with E-state index < -0.39 is 24.2 Å². The number of carbonyl (C=O) groups is 2. The summed E-state index contributed by atoms with van der Waals surface area (Å²) in [4.78, 5) is 23.8. The summed E-state index contributed by atoms with van der Waals surface area (Å²) in [6, 6.07) is 9.01. The van der Waals surface area contributed by atoms with Gasteiger partial charge in [-0.3, -0.25) is 4.79 Å². The van der Waals surface area contributed by atoms with Crippen LogP contribution in [0.3, 0.4) is 0 Å². The Bertz CT molecular complexity index is 570. The Hall–Kier alpha value is -2.50. The third-order valence-corrected chi connectivity index (χ3v) is 3.42. The van der Waals surface area contributed by atoms with Crippen molar-refractivity contribution in [2.75, 3.05) is 7.11 Å². The van der Waals surface area contributed by atoms with E-state index in [1.165, 1.54) is 13.4 Å². The highest BCUT2D eigenvalue weighted by molar-refractivity contribution is 5.94. The normalized spacial score (nSPS) is 17.5. The molecule has 2 atom stereocenters. The zero-order valence-electron chi connectivity index (χ0n) is 13.3. The lowest BCUT2D eigenvalue weighted by molar-refractivity contribution is -0.145. The van der Waals surface area contributed by atoms with Crippen molar-refractivity contribution in [3.8, 4) is 0 Å². The molecule has 1 amide bonds. The molecule has 6 nitrogen and oxygen atoms in total. The Labute approximate surface area is 135 Å². The summed E-state index contributed by atoms with van der Waals surface area (Å²) in [7, 11) is 1.29. The molecule has 1 aliphatic rings. The Kier molecular flexibility index (Phi) is 6.02. The quantitative estimate of drug-likeness (QED) is 0.777. The maximum Gasteiger partial charge on any atom is 0.328 e. The van der Waals surface area contributed by atoms with Crippen LogP contribution >= 0.6 is 0 Å². The minimum Gasteiger partial charge on any atom is -0.467 e. The molecule has 0 radical (unpaired) electrons. The number of hydrogen-bond acceptors (Lipinski definition) is 5. The number of benzene rings is 1. The van der Waals surface area contributed by atoms with E-state index in [1.54, 1.807) is 0 Å². The second-order valence-electron chi connectivity index (χ2n) is 5.19. The lowest BCUT2D eigenvalue weighted by Crippen LogP contribution is -2.42. The van der Waals surface area contributed by atoms with Crippen LogP contribution < -0.4 is 5.32 Å². The van der Waals surface area contributed by atoms with Crippen LogP contribution in [0, 0.1) is 0 Å². The van der Waals surface area contributed by atoms with Crippen LogP contribution in [0.5, 0.6) is 0 Å². The van der Waals surface area contributed by atoms with Crippen molar-refractivity contribution >= 4 is 11.9 Å². The Morgan fingerprint density at radius 3 is 2.70 bits per heavy atom. The maximum absolute atomic E-state index is 12.2. The molecule has 124 valence electrons. The van der Waals surface area contributed by atoms with Gasteiger partial charge >= 0.3 is 5.97 Å². The largest absolute Gasteiger partial charge is 0.467 e. The van der Waals surface area contributed by atoms with E-state index in [9.17, 15) is 9.59 Å². The second-order valence-corrected chi connectivity index (χ2v) is 5.19. The molecule has 1 aromatic carbocycles. The Morgan fingerprint density at radius 1 is 1.30 bits per heavy atom. The number of nitrogens with one attached hydrogen (secondary N) is 1. The molecule has 1 aliphatic heterocycles. The number of hydrogen-bond donors (Lipinski definition) is 1. The van der Waals surface area contributed by atoms with Gasteiger partial charge in [-0.25, -0.2) is 4.79 Å². The Balaban J connectivity index is 1.87. The summed E-state index contributed by atoms with van der Waals surface area (Å²) in [5.41, 5.74) is 1.05. The average molecular weight is 319 g/mol. The summed E-state index contributed by atoms with van der Waals surface area (Å²) >= 11 is 0. The molecule has 0 saturated carbocycles. The van der Waals surface area contributed by atoms with Crippen LogP contribution in [0.2, 0.25) is 0 Å². The number of rotatable bonds is 7. The summed E-state index contributed by atoms with van der Waals surface area (Å²) in [5, 5.41) is 2.61. The van der Waals surface area contributed by atoms with Crippen LogP contribution in [-0.2, 0) is 30.2 Å². The fourth-order valence-corrected chi connectivity index (χ4v) is 2.25. The molecule has 0 saturated heterocycles. The molecule has 0 bridgehead atoms. The minimum atomic E-state index is -0.685. The van der Waals surface area contributed by atoms with Crippen LogP contribution in [0.15, 0.2) is 42.4 Å². The van der Waals surface area contributed by atoms with Gasteiger partial charge in [-0.05, 0) is 12.0 Å². The van der Waals surface area contributed by atoms with E-state index in [-0.39, 0.29) is 5.76 Å². The maximum atomic E-state index is 12.2. The van der Waals surface area contributed by atoms with Crippen molar-refractivity contribution in [2.24, 2.45) is 0 Å². The first kappa shape index (κ1) is 16.9. The molecule has 23 heavy (non-hydrogen) atoms. The van der Waals surface area contributed by atoms with E-state index in [4.69, 9.17) is 9.47 Å². The number of ether oxygens (including phenoxy) is 3. The van der Waals surface area contributed by atoms with Crippen molar-refractivity contribution in [3.05, 3.63) is 47.9 Å². The summed E-state index contributed by atoms with van der Waals surface area (Å²) in [6.07, 6.45) is 2.51. The van der Waals surface area contributed by atoms with Crippen LogP contribution in [-0.4, -0.2) is 31.3 Å². The highest BCUT2D eigenvalue weighted by Gasteiger charge is 2.28. The molecular formula is C17H21NO5. The van der Waals surface area contributed by atoms with Gasteiger partial charge in [0.25, 0.3) is 5.91 Å². The van der Waals surface area contributed by atoms with Gasteiger partial charge in [-0.2, -0.15) is 0 Å². The molecule has 6 heteroatoms. The van der Waals surface area contributed by atoms with Crippen molar-refractivity contribution in [1.29, 1.82) is 0 Å². The molecule has 2 rings (SSSR count). The van der Waals surface area contributed by atoms with E-state index >= 15 is 0 Å².